The maximum absolute atomic E-state index is 11.8. The number of hydrogen-bond donors (Lipinski definition) is 1. The minimum absolute atomic E-state index is 0. The minimum atomic E-state index is -0.305. The first-order chi connectivity index (χ1) is 8.79. The average molecular weight is 287 g/mol. The molecule has 1 aromatic rings. The number of nitrogens with two attached hydrogens (primary N) is 1. The zero-order valence-corrected chi connectivity index (χ0v) is 11.5. The molecule has 1 amide bonds. The Morgan fingerprint density at radius 2 is 2.16 bits per heavy atom. The van der Waals surface area contributed by atoms with Crippen LogP contribution < -0.4 is 5.73 Å². The summed E-state index contributed by atoms with van der Waals surface area (Å²) < 4.78 is 10.6. The van der Waals surface area contributed by atoms with E-state index in [1.807, 2.05) is 30.3 Å². The van der Waals surface area contributed by atoms with Crippen molar-refractivity contribution in [1.82, 2.24) is 4.90 Å². The number of amides is 1. The number of rotatable bonds is 3. The maximum atomic E-state index is 11.8. The van der Waals surface area contributed by atoms with E-state index in [2.05, 4.69) is 0 Å². The third-order valence-electron chi connectivity index (χ3n) is 2.87. The van der Waals surface area contributed by atoms with Crippen LogP contribution in [0.2, 0.25) is 0 Å². The van der Waals surface area contributed by atoms with Gasteiger partial charge in [-0.25, -0.2) is 4.79 Å². The Bertz CT molecular complexity index is 389. The number of ether oxygens (including phenoxy) is 2. The lowest BCUT2D eigenvalue weighted by atomic mass is 10.2. The van der Waals surface area contributed by atoms with Gasteiger partial charge in [0.25, 0.3) is 0 Å². The highest BCUT2D eigenvalue weighted by molar-refractivity contribution is 5.85. The number of benzene rings is 1. The molecule has 0 aromatic heterocycles. The molecule has 1 aromatic carbocycles. The van der Waals surface area contributed by atoms with Crippen LogP contribution >= 0.6 is 12.4 Å². The third kappa shape index (κ3) is 4.70. The van der Waals surface area contributed by atoms with Gasteiger partial charge in [-0.05, 0) is 5.56 Å². The fraction of sp³-hybridized carbons (Fsp3) is 0.462. The second kappa shape index (κ2) is 7.99. The normalized spacial score (nSPS) is 18.6. The third-order valence-corrected chi connectivity index (χ3v) is 2.87. The Kier molecular flexibility index (Phi) is 6.62. The Morgan fingerprint density at radius 3 is 2.84 bits per heavy atom. The van der Waals surface area contributed by atoms with Gasteiger partial charge in [-0.1, -0.05) is 30.3 Å². The summed E-state index contributed by atoms with van der Waals surface area (Å²) in [6.45, 7) is 2.29. The van der Waals surface area contributed by atoms with Gasteiger partial charge in [0.2, 0.25) is 0 Å². The van der Waals surface area contributed by atoms with Gasteiger partial charge in [0, 0.05) is 13.1 Å². The fourth-order valence-electron chi connectivity index (χ4n) is 1.84. The SMILES string of the molecule is Cl.NC[C@H]1CN(C(=O)OCc2ccccc2)CCO1. The van der Waals surface area contributed by atoms with Crippen LogP contribution in [0.15, 0.2) is 30.3 Å². The van der Waals surface area contributed by atoms with Crippen LogP contribution in [0, 0.1) is 0 Å². The number of morpholine rings is 1. The van der Waals surface area contributed by atoms with Crippen molar-refractivity contribution in [3.8, 4) is 0 Å². The summed E-state index contributed by atoms with van der Waals surface area (Å²) in [5.74, 6) is 0. The number of halogens is 1. The second-order valence-electron chi connectivity index (χ2n) is 4.21. The molecule has 106 valence electrons. The summed E-state index contributed by atoms with van der Waals surface area (Å²) in [6, 6.07) is 9.62. The van der Waals surface area contributed by atoms with Crippen LogP contribution in [0.3, 0.4) is 0 Å². The molecular weight excluding hydrogens is 268 g/mol. The predicted octanol–water partition coefficient (Wildman–Crippen LogP) is 1.40. The minimum Gasteiger partial charge on any atom is -0.445 e. The first-order valence-corrected chi connectivity index (χ1v) is 6.07. The zero-order chi connectivity index (χ0) is 12.8. The van der Waals surface area contributed by atoms with Crippen molar-refractivity contribution in [3.05, 3.63) is 35.9 Å². The van der Waals surface area contributed by atoms with Gasteiger partial charge < -0.3 is 20.1 Å². The molecule has 0 bridgehead atoms. The van der Waals surface area contributed by atoms with Crippen molar-refractivity contribution in [2.24, 2.45) is 5.73 Å². The lowest BCUT2D eigenvalue weighted by Gasteiger charge is -2.31. The molecule has 0 saturated carbocycles. The summed E-state index contributed by atoms with van der Waals surface area (Å²) in [5.41, 5.74) is 6.51. The molecule has 1 fully saturated rings. The number of nitrogens with zero attached hydrogens (tertiary/aromatic N) is 1. The molecule has 2 N–H and O–H groups in total. The Balaban J connectivity index is 0.00000180. The van der Waals surface area contributed by atoms with Crippen molar-refractivity contribution < 1.29 is 14.3 Å². The van der Waals surface area contributed by atoms with E-state index in [1.165, 1.54) is 0 Å². The molecule has 0 spiro atoms. The van der Waals surface area contributed by atoms with Gasteiger partial charge >= 0.3 is 6.09 Å². The Hall–Kier alpha value is -1.30. The van der Waals surface area contributed by atoms with Crippen LogP contribution in [-0.4, -0.2) is 43.3 Å². The molecule has 0 unspecified atom stereocenters. The van der Waals surface area contributed by atoms with Crippen LogP contribution in [0.4, 0.5) is 4.79 Å². The van der Waals surface area contributed by atoms with Gasteiger partial charge in [0.15, 0.2) is 0 Å². The largest absolute Gasteiger partial charge is 0.445 e. The maximum Gasteiger partial charge on any atom is 0.410 e. The molecule has 1 atom stereocenters. The van der Waals surface area contributed by atoms with E-state index in [0.717, 1.165) is 5.56 Å². The van der Waals surface area contributed by atoms with E-state index in [1.54, 1.807) is 4.90 Å². The Morgan fingerprint density at radius 1 is 1.42 bits per heavy atom. The van der Waals surface area contributed by atoms with Crippen LogP contribution in [0.1, 0.15) is 5.56 Å². The number of carbonyl (C=O) groups excluding carboxylic acids is 1. The monoisotopic (exact) mass is 286 g/mol. The molecule has 2 rings (SSSR count). The first kappa shape index (κ1) is 15.8. The summed E-state index contributed by atoms with van der Waals surface area (Å²) in [6.07, 6.45) is -0.386. The molecule has 1 aliphatic rings. The van der Waals surface area contributed by atoms with Crippen molar-refractivity contribution in [2.45, 2.75) is 12.7 Å². The fourth-order valence-corrected chi connectivity index (χ4v) is 1.84. The van der Waals surface area contributed by atoms with E-state index >= 15 is 0 Å². The van der Waals surface area contributed by atoms with Crippen LogP contribution in [-0.2, 0) is 16.1 Å². The summed E-state index contributed by atoms with van der Waals surface area (Å²) in [7, 11) is 0. The standard InChI is InChI=1S/C13H18N2O3.ClH/c14-8-12-9-15(6-7-17-12)13(16)18-10-11-4-2-1-3-5-11;/h1-5,12H,6-10,14H2;1H/t12-;/m0./s1. The van der Waals surface area contributed by atoms with E-state index < -0.39 is 0 Å². The van der Waals surface area contributed by atoms with Gasteiger partial charge in [-0.15, -0.1) is 12.4 Å². The summed E-state index contributed by atoms with van der Waals surface area (Å²) in [4.78, 5) is 13.5. The molecule has 19 heavy (non-hydrogen) atoms. The zero-order valence-electron chi connectivity index (χ0n) is 10.7. The van der Waals surface area contributed by atoms with Gasteiger partial charge in [-0.2, -0.15) is 0 Å². The lowest BCUT2D eigenvalue weighted by Crippen LogP contribution is -2.48. The summed E-state index contributed by atoms with van der Waals surface area (Å²) >= 11 is 0. The van der Waals surface area contributed by atoms with Gasteiger partial charge in [0.05, 0.1) is 19.3 Å². The molecule has 1 aliphatic heterocycles. The van der Waals surface area contributed by atoms with Crippen molar-refractivity contribution in [2.75, 3.05) is 26.2 Å². The van der Waals surface area contributed by atoms with Crippen molar-refractivity contribution in [3.63, 3.8) is 0 Å². The van der Waals surface area contributed by atoms with E-state index in [4.69, 9.17) is 15.2 Å². The molecule has 5 nitrogen and oxygen atoms in total. The molecule has 1 saturated heterocycles. The van der Waals surface area contributed by atoms with Crippen molar-refractivity contribution in [1.29, 1.82) is 0 Å². The number of hydrogen-bond acceptors (Lipinski definition) is 4. The molecular formula is C13H19ClN2O3. The molecule has 0 aliphatic carbocycles. The summed E-state index contributed by atoms with van der Waals surface area (Å²) in [5, 5.41) is 0. The highest BCUT2D eigenvalue weighted by Crippen LogP contribution is 2.08. The highest BCUT2D eigenvalue weighted by atomic mass is 35.5. The molecule has 0 radical (unpaired) electrons. The number of carbonyl (C=O) groups is 1. The predicted molar refractivity (Wildman–Crippen MR) is 74.2 cm³/mol. The lowest BCUT2D eigenvalue weighted by molar-refractivity contribution is -0.0235. The van der Waals surface area contributed by atoms with E-state index in [-0.39, 0.29) is 24.6 Å². The van der Waals surface area contributed by atoms with Gasteiger partial charge in [0.1, 0.15) is 6.61 Å². The quantitative estimate of drug-likeness (QED) is 0.912. The van der Waals surface area contributed by atoms with E-state index in [0.29, 0.717) is 32.8 Å². The second-order valence-corrected chi connectivity index (χ2v) is 4.21. The highest BCUT2D eigenvalue weighted by Gasteiger charge is 2.24. The van der Waals surface area contributed by atoms with Crippen LogP contribution in [0.5, 0.6) is 0 Å². The first-order valence-electron chi connectivity index (χ1n) is 6.07. The van der Waals surface area contributed by atoms with Gasteiger partial charge in [-0.3, -0.25) is 0 Å². The topological polar surface area (TPSA) is 64.8 Å². The van der Waals surface area contributed by atoms with E-state index in [9.17, 15) is 4.79 Å². The molecule has 1 heterocycles. The smallest absolute Gasteiger partial charge is 0.410 e. The van der Waals surface area contributed by atoms with Crippen LogP contribution in [0.25, 0.3) is 0 Å². The molecule has 6 heteroatoms. The average Bonchev–Trinajstić information content (AvgIpc) is 2.46. The van der Waals surface area contributed by atoms with Crippen molar-refractivity contribution >= 4 is 18.5 Å². The Labute approximate surface area is 119 Å².